The van der Waals surface area contributed by atoms with Gasteiger partial charge in [0.2, 0.25) is 5.82 Å². The van der Waals surface area contributed by atoms with Crippen molar-refractivity contribution >= 4 is 0 Å². The van der Waals surface area contributed by atoms with Crippen molar-refractivity contribution in [1.29, 1.82) is 0 Å². The summed E-state index contributed by atoms with van der Waals surface area (Å²) in [7, 11) is 1.53. The summed E-state index contributed by atoms with van der Waals surface area (Å²) in [6.45, 7) is 4.35. The van der Waals surface area contributed by atoms with E-state index in [1.54, 1.807) is 24.3 Å². The van der Waals surface area contributed by atoms with Gasteiger partial charge >= 0.3 is 6.18 Å². The van der Waals surface area contributed by atoms with Gasteiger partial charge in [0.25, 0.3) is 5.89 Å². The molecule has 2 heterocycles. The van der Waals surface area contributed by atoms with E-state index in [1.807, 2.05) is 30.3 Å². The predicted octanol–water partition coefficient (Wildman–Crippen LogP) is 7.61. The molecule has 2 aromatic heterocycles. The lowest BCUT2D eigenvalue weighted by Crippen LogP contribution is -2.04. The highest BCUT2D eigenvalue weighted by Gasteiger charge is 2.34. The van der Waals surface area contributed by atoms with Crippen molar-refractivity contribution < 1.29 is 17.7 Å². The van der Waals surface area contributed by atoms with Gasteiger partial charge in [-0.15, -0.1) is 0 Å². The number of aryl methyl sites for hydroxylation is 1. The first-order valence-electron chi connectivity index (χ1n) is 11.5. The van der Waals surface area contributed by atoms with Crippen LogP contribution < -0.4 is 0 Å². The van der Waals surface area contributed by atoms with Crippen LogP contribution in [0.15, 0.2) is 83.5 Å². The quantitative estimate of drug-likeness (QED) is 0.255. The minimum absolute atomic E-state index is 0.222. The Bertz CT molecular complexity index is 1500. The molecule has 0 fully saturated rings. The van der Waals surface area contributed by atoms with E-state index < -0.39 is 11.9 Å². The Balaban J connectivity index is 1.37. The second-order valence-electron chi connectivity index (χ2n) is 8.88. The van der Waals surface area contributed by atoms with Crippen LogP contribution >= 0.6 is 0 Å². The Hall–Kier alpha value is -4.20. The maximum absolute atomic E-state index is 13.0. The maximum atomic E-state index is 13.0. The SMILES string of the molecule is CC(C)c1ccccc1-c1ccc(-c2noc(-c3ccc(-c4nc(C(F)(F)F)cn4C)cc3)n2)cc1. The Morgan fingerprint density at radius 1 is 0.778 bits per heavy atom. The van der Waals surface area contributed by atoms with Crippen molar-refractivity contribution in [3.8, 4) is 45.4 Å². The Labute approximate surface area is 206 Å². The molecule has 5 rings (SSSR count). The first-order chi connectivity index (χ1) is 17.2. The average molecular weight is 489 g/mol. The van der Waals surface area contributed by atoms with Crippen LogP contribution in [0.2, 0.25) is 0 Å². The molecule has 0 bridgehead atoms. The third kappa shape index (κ3) is 4.54. The molecule has 8 heteroatoms. The van der Waals surface area contributed by atoms with E-state index >= 15 is 0 Å². The largest absolute Gasteiger partial charge is 0.434 e. The van der Waals surface area contributed by atoms with Gasteiger partial charge in [0.1, 0.15) is 5.82 Å². The zero-order chi connectivity index (χ0) is 25.4. The Morgan fingerprint density at radius 3 is 2.03 bits per heavy atom. The van der Waals surface area contributed by atoms with E-state index in [0.29, 0.717) is 28.8 Å². The lowest BCUT2D eigenvalue weighted by molar-refractivity contribution is -0.140. The zero-order valence-electron chi connectivity index (χ0n) is 19.9. The van der Waals surface area contributed by atoms with Crippen molar-refractivity contribution in [2.45, 2.75) is 25.9 Å². The number of hydrogen-bond donors (Lipinski definition) is 0. The summed E-state index contributed by atoms with van der Waals surface area (Å²) in [6.07, 6.45) is -3.52. The van der Waals surface area contributed by atoms with Gasteiger partial charge in [-0.2, -0.15) is 18.2 Å². The Morgan fingerprint density at radius 2 is 1.39 bits per heavy atom. The molecule has 0 amide bonds. The van der Waals surface area contributed by atoms with Crippen molar-refractivity contribution in [1.82, 2.24) is 19.7 Å². The first-order valence-corrected chi connectivity index (χ1v) is 11.5. The van der Waals surface area contributed by atoms with E-state index in [9.17, 15) is 13.2 Å². The number of rotatable bonds is 5. The fourth-order valence-corrected chi connectivity index (χ4v) is 4.15. The van der Waals surface area contributed by atoms with Crippen molar-refractivity contribution in [3.63, 3.8) is 0 Å². The van der Waals surface area contributed by atoms with Crippen LogP contribution in [-0.2, 0) is 13.2 Å². The van der Waals surface area contributed by atoms with Crippen LogP contribution in [0, 0.1) is 0 Å². The summed E-state index contributed by atoms with van der Waals surface area (Å²) in [4.78, 5) is 8.24. The van der Waals surface area contributed by atoms with Crippen LogP contribution in [0.5, 0.6) is 0 Å². The molecule has 0 atom stereocenters. The van der Waals surface area contributed by atoms with Gasteiger partial charge in [-0.3, -0.25) is 0 Å². The zero-order valence-corrected chi connectivity index (χ0v) is 19.9. The predicted molar refractivity (Wildman–Crippen MR) is 132 cm³/mol. The van der Waals surface area contributed by atoms with Gasteiger partial charge in [-0.25, -0.2) is 4.98 Å². The van der Waals surface area contributed by atoms with Crippen LogP contribution in [0.25, 0.3) is 45.4 Å². The molecule has 3 aromatic carbocycles. The topological polar surface area (TPSA) is 56.7 Å². The van der Waals surface area contributed by atoms with E-state index in [-0.39, 0.29) is 5.82 Å². The van der Waals surface area contributed by atoms with Crippen molar-refractivity contribution in [2.24, 2.45) is 7.05 Å². The van der Waals surface area contributed by atoms with Gasteiger partial charge in [0.15, 0.2) is 5.69 Å². The second-order valence-corrected chi connectivity index (χ2v) is 8.88. The molecular formula is C28H23F3N4O. The third-order valence-corrected chi connectivity index (χ3v) is 6.02. The average Bonchev–Trinajstić information content (AvgIpc) is 3.52. The fraction of sp³-hybridized carbons (Fsp3) is 0.179. The van der Waals surface area contributed by atoms with E-state index in [4.69, 9.17) is 4.52 Å². The molecule has 0 radical (unpaired) electrons. The van der Waals surface area contributed by atoms with E-state index in [2.05, 4.69) is 47.2 Å². The molecule has 0 saturated carbocycles. The number of imidazole rings is 1. The molecule has 0 N–H and O–H groups in total. The number of alkyl halides is 3. The monoisotopic (exact) mass is 488 g/mol. The number of aromatic nitrogens is 4. The normalized spacial score (nSPS) is 11.9. The molecule has 36 heavy (non-hydrogen) atoms. The van der Waals surface area contributed by atoms with E-state index in [1.165, 1.54) is 22.7 Å². The summed E-state index contributed by atoms with van der Waals surface area (Å²) < 4.78 is 45.7. The highest BCUT2D eigenvalue weighted by Crippen LogP contribution is 2.33. The fourth-order valence-electron chi connectivity index (χ4n) is 4.15. The smallest absolute Gasteiger partial charge is 0.334 e. The van der Waals surface area contributed by atoms with Crippen molar-refractivity contribution in [3.05, 3.63) is 90.3 Å². The summed E-state index contributed by atoms with van der Waals surface area (Å²) >= 11 is 0. The summed E-state index contributed by atoms with van der Waals surface area (Å²) in [5, 5.41) is 4.11. The number of halogens is 3. The molecule has 0 aliphatic carbocycles. The first kappa shape index (κ1) is 23.5. The Kier molecular flexibility index (Phi) is 5.96. The third-order valence-electron chi connectivity index (χ3n) is 6.02. The van der Waals surface area contributed by atoms with Crippen LogP contribution in [0.4, 0.5) is 13.2 Å². The molecule has 0 aliphatic rings. The highest BCUT2D eigenvalue weighted by atomic mass is 19.4. The molecule has 0 saturated heterocycles. The molecule has 182 valence electrons. The molecular weight excluding hydrogens is 465 g/mol. The minimum Gasteiger partial charge on any atom is -0.334 e. The molecule has 0 spiro atoms. The van der Waals surface area contributed by atoms with Crippen LogP contribution in [-0.4, -0.2) is 19.7 Å². The van der Waals surface area contributed by atoms with Gasteiger partial charge < -0.3 is 9.09 Å². The summed E-state index contributed by atoms with van der Waals surface area (Å²) in [6, 6.07) is 23.2. The van der Waals surface area contributed by atoms with Gasteiger partial charge in [0.05, 0.1) is 0 Å². The summed E-state index contributed by atoms with van der Waals surface area (Å²) in [5.41, 5.74) is 4.70. The molecule has 0 unspecified atom stereocenters. The van der Waals surface area contributed by atoms with E-state index in [0.717, 1.165) is 17.3 Å². The lowest BCUT2D eigenvalue weighted by atomic mass is 9.92. The number of nitrogens with zero attached hydrogens (tertiary/aromatic N) is 4. The van der Waals surface area contributed by atoms with Crippen LogP contribution in [0.1, 0.15) is 31.0 Å². The van der Waals surface area contributed by atoms with Crippen molar-refractivity contribution in [2.75, 3.05) is 0 Å². The van der Waals surface area contributed by atoms with Gasteiger partial charge in [-0.1, -0.05) is 79.7 Å². The molecule has 0 aliphatic heterocycles. The van der Waals surface area contributed by atoms with Gasteiger partial charge in [0, 0.05) is 29.9 Å². The van der Waals surface area contributed by atoms with Gasteiger partial charge in [-0.05, 0) is 34.7 Å². The molecule has 5 nitrogen and oxygen atoms in total. The number of benzene rings is 3. The standard InChI is InChI=1S/C28H23F3N4O/c1-17(2)22-6-4-5-7-23(22)18-8-10-19(11-9-18)25-33-27(36-34-25)21-14-12-20(13-15-21)26-32-24(16-35(26)3)28(29,30)31/h4-17H,1-3H3. The van der Waals surface area contributed by atoms with Crippen LogP contribution in [0.3, 0.4) is 0 Å². The lowest BCUT2D eigenvalue weighted by Gasteiger charge is -2.12. The highest BCUT2D eigenvalue weighted by molar-refractivity contribution is 5.71. The minimum atomic E-state index is -4.49. The summed E-state index contributed by atoms with van der Waals surface area (Å²) in [5.74, 6) is 1.41. The maximum Gasteiger partial charge on any atom is 0.434 e. The second kappa shape index (κ2) is 9.11. The molecule has 5 aromatic rings. The number of hydrogen-bond acceptors (Lipinski definition) is 4.